The summed E-state index contributed by atoms with van der Waals surface area (Å²) in [5.41, 5.74) is 9.71. The molecule has 5 nitrogen and oxygen atoms in total. The minimum absolute atomic E-state index is 0.154. The molecule has 0 atom stereocenters. The van der Waals surface area contributed by atoms with Crippen LogP contribution in [0.1, 0.15) is 33.5 Å². The Morgan fingerprint density at radius 2 is 1.76 bits per heavy atom. The van der Waals surface area contributed by atoms with Crippen molar-refractivity contribution in [3.05, 3.63) is 71.0 Å². The molecule has 0 unspecified atom stereocenters. The zero-order valence-electron chi connectivity index (χ0n) is 13.7. The Bertz CT molecular complexity index is 944. The van der Waals surface area contributed by atoms with Crippen molar-refractivity contribution in [2.45, 2.75) is 25.7 Å². The van der Waals surface area contributed by atoms with Crippen LogP contribution in [0.15, 0.2) is 53.1 Å². The maximum Gasteiger partial charge on any atom is 0.269 e. The van der Waals surface area contributed by atoms with Crippen LogP contribution in [-0.4, -0.2) is 11.8 Å². The molecule has 0 radical (unpaired) electrons. The third-order valence-electron chi connectivity index (χ3n) is 4.57. The van der Waals surface area contributed by atoms with E-state index in [9.17, 15) is 9.59 Å². The highest BCUT2D eigenvalue weighted by Gasteiger charge is 2.17. The number of hydrogen-bond donors (Lipinski definition) is 2. The number of rotatable bonds is 3. The maximum atomic E-state index is 12.2. The van der Waals surface area contributed by atoms with Gasteiger partial charge in [-0.25, -0.2) is 0 Å². The van der Waals surface area contributed by atoms with Gasteiger partial charge < -0.3 is 4.42 Å². The van der Waals surface area contributed by atoms with E-state index in [1.807, 2.05) is 6.07 Å². The van der Waals surface area contributed by atoms with Crippen LogP contribution >= 0.6 is 0 Å². The van der Waals surface area contributed by atoms with Gasteiger partial charge >= 0.3 is 0 Å². The number of fused-ring (bicyclic) bond motifs is 2. The van der Waals surface area contributed by atoms with Crippen LogP contribution in [0.4, 0.5) is 0 Å². The first kappa shape index (κ1) is 15.4. The van der Waals surface area contributed by atoms with E-state index in [1.165, 1.54) is 17.5 Å². The number of benzene rings is 2. The molecule has 0 spiro atoms. The molecule has 0 fully saturated rings. The van der Waals surface area contributed by atoms with Crippen LogP contribution in [-0.2, 0) is 24.1 Å². The molecule has 2 aromatic carbocycles. The average molecular weight is 334 g/mol. The van der Waals surface area contributed by atoms with Crippen molar-refractivity contribution in [3.63, 3.8) is 0 Å². The molecule has 2 N–H and O–H groups in total. The lowest BCUT2D eigenvalue weighted by molar-refractivity contribution is -0.121. The topological polar surface area (TPSA) is 71.3 Å². The highest BCUT2D eigenvalue weighted by atomic mass is 16.3. The molecule has 1 aliphatic rings. The standard InChI is InChI=1S/C20H18N2O3/c23-19(21-22-20(24)13-5-2-1-3-6-13)11-16-12-25-18-10-15-8-4-7-14(15)9-17(16)18/h1-3,5-6,9-10,12H,4,7-8,11H2,(H,21,23)(H,22,24). The van der Waals surface area contributed by atoms with E-state index in [-0.39, 0.29) is 18.2 Å². The monoisotopic (exact) mass is 334 g/mol. The largest absolute Gasteiger partial charge is 0.464 e. The summed E-state index contributed by atoms with van der Waals surface area (Å²) in [6, 6.07) is 13.0. The van der Waals surface area contributed by atoms with Gasteiger partial charge in [0.05, 0.1) is 12.7 Å². The summed E-state index contributed by atoms with van der Waals surface area (Å²) >= 11 is 0. The van der Waals surface area contributed by atoms with Crippen LogP contribution in [0.3, 0.4) is 0 Å². The quantitative estimate of drug-likeness (QED) is 0.724. The molecule has 1 heterocycles. The zero-order valence-corrected chi connectivity index (χ0v) is 13.7. The van der Waals surface area contributed by atoms with Gasteiger partial charge in [0.1, 0.15) is 5.58 Å². The fourth-order valence-corrected chi connectivity index (χ4v) is 3.29. The number of nitrogens with one attached hydrogen (secondary N) is 2. The molecule has 5 heteroatoms. The maximum absolute atomic E-state index is 12.2. The lowest BCUT2D eigenvalue weighted by Gasteiger charge is -2.07. The summed E-state index contributed by atoms with van der Waals surface area (Å²) in [5.74, 6) is -0.628. The summed E-state index contributed by atoms with van der Waals surface area (Å²) in [6.07, 6.45) is 5.12. The Morgan fingerprint density at radius 1 is 1.00 bits per heavy atom. The average Bonchev–Trinajstić information content (AvgIpc) is 3.25. The van der Waals surface area contributed by atoms with Crippen LogP contribution in [0.25, 0.3) is 11.0 Å². The molecule has 3 aromatic rings. The third-order valence-corrected chi connectivity index (χ3v) is 4.57. The Kier molecular flexibility index (Phi) is 3.98. The van der Waals surface area contributed by atoms with E-state index in [1.54, 1.807) is 30.5 Å². The fourth-order valence-electron chi connectivity index (χ4n) is 3.29. The summed E-state index contributed by atoms with van der Waals surface area (Å²) in [4.78, 5) is 24.1. The summed E-state index contributed by atoms with van der Waals surface area (Å²) in [6.45, 7) is 0. The number of amides is 2. The van der Waals surface area contributed by atoms with Crippen molar-refractivity contribution in [1.82, 2.24) is 10.9 Å². The predicted octanol–water partition coefficient (Wildman–Crippen LogP) is 2.93. The van der Waals surface area contributed by atoms with Crippen molar-refractivity contribution in [2.75, 3.05) is 0 Å². The highest BCUT2D eigenvalue weighted by Crippen LogP contribution is 2.30. The van der Waals surface area contributed by atoms with E-state index in [0.29, 0.717) is 5.56 Å². The minimum Gasteiger partial charge on any atom is -0.464 e. The first-order valence-corrected chi connectivity index (χ1v) is 8.37. The van der Waals surface area contributed by atoms with E-state index in [4.69, 9.17) is 4.42 Å². The summed E-state index contributed by atoms with van der Waals surface area (Å²) in [5, 5.41) is 0.977. The van der Waals surface area contributed by atoms with Gasteiger partial charge in [0.15, 0.2) is 0 Å². The molecule has 2 amide bonds. The van der Waals surface area contributed by atoms with Gasteiger partial charge in [-0.05, 0) is 54.7 Å². The highest BCUT2D eigenvalue weighted by molar-refractivity contribution is 5.96. The van der Waals surface area contributed by atoms with Gasteiger partial charge in [-0.2, -0.15) is 0 Å². The van der Waals surface area contributed by atoms with Crippen molar-refractivity contribution in [1.29, 1.82) is 0 Å². The van der Waals surface area contributed by atoms with Crippen molar-refractivity contribution in [3.8, 4) is 0 Å². The molecular formula is C20H18N2O3. The Labute approximate surface area is 145 Å². The Hall–Kier alpha value is -3.08. The third kappa shape index (κ3) is 3.13. The molecule has 0 aliphatic heterocycles. The second kappa shape index (κ2) is 6.43. The smallest absolute Gasteiger partial charge is 0.269 e. The molecule has 0 saturated carbocycles. The van der Waals surface area contributed by atoms with Gasteiger partial charge in [-0.1, -0.05) is 18.2 Å². The number of hydrogen-bond acceptors (Lipinski definition) is 3. The van der Waals surface area contributed by atoms with Crippen molar-refractivity contribution in [2.24, 2.45) is 0 Å². The molecule has 0 bridgehead atoms. The Balaban J connectivity index is 1.43. The molecular weight excluding hydrogens is 316 g/mol. The van der Waals surface area contributed by atoms with Crippen molar-refractivity contribution < 1.29 is 14.0 Å². The number of aryl methyl sites for hydroxylation is 2. The van der Waals surface area contributed by atoms with Gasteiger partial charge in [-0.15, -0.1) is 0 Å². The zero-order chi connectivity index (χ0) is 17.2. The van der Waals surface area contributed by atoms with Crippen LogP contribution in [0.2, 0.25) is 0 Å². The first-order chi connectivity index (χ1) is 12.2. The van der Waals surface area contributed by atoms with E-state index >= 15 is 0 Å². The van der Waals surface area contributed by atoms with Crippen molar-refractivity contribution >= 4 is 22.8 Å². The van der Waals surface area contributed by atoms with Gasteiger partial charge in [-0.3, -0.25) is 20.4 Å². The summed E-state index contributed by atoms with van der Waals surface area (Å²) < 4.78 is 5.60. The lowest BCUT2D eigenvalue weighted by Crippen LogP contribution is -2.42. The SMILES string of the molecule is O=C(Cc1coc2cc3c(cc12)CCC3)NNC(=O)c1ccccc1. The fraction of sp³-hybridized carbons (Fsp3) is 0.200. The number of carbonyl (C=O) groups excluding carboxylic acids is 2. The molecule has 4 rings (SSSR count). The van der Waals surface area contributed by atoms with E-state index in [2.05, 4.69) is 23.0 Å². The van der Waals surface area contributed by atoms with Gasteiger partial charge in [0.25, 0.3) is 5.91 Å². The van der Waals surface area contributed by atoms with Crippen LogP contribution < -0.4 is 10.9 Å². The summed E-state index contributed by atoms with van der Waals surface area (Å²) in [7, 11) is 0. The minimum atomic E-state index is -0.344. The normalized spacial score (nSPS) is 12.8. The molecule has 126 valence electrons. The molecule has 25 heavy (non-hydrogen) atoms. The van der Waals surface area contributed by atoms with Crippen LogP contribution in [0.5, 0.6) is 0 Å². The number of hydrazine groups is 1. The van der Waals surface area contributed by atoms with Crippen LogP contribution in [0, 0.1) is 0 Å². The first-order valence-electron chi connectivity index (χ1n) is 8.37. The van der Waals surface area contributed by atoms with Gasteiger partial charge in [0, 0.05) is 16.5 Å². The molecule has 1 aromatic heterocycles. The number of carbonyl (C=O) groups is 2. The molecule has 0 saturated heterocycles. The number of furan rings is 1. The molecule has 1 aliphatic carbocycles. The van der Waals surface area contributed by atoms with E-state index in [0.717, 1.165) is 29.4 Å². The Morgan fingerprint density at radius 3 is 2.56 bits per heavy atom. The second-order valence-electron chi connectivity index (χ2n) is 6.28. The van der Waals surface area contributed by atoms with E-state index < -0.39 is 0 Å². The lowest BCUT2D eigenvalue weighted by atomic mass is 10.0. The van der Waals surface area contributed by atoms with Gasteiger partial charge in [0.2, 0.25) is 5.91 Å². The second-order valence-corrected chi connectivity index (χ2v) is 6.28. The predicted molar refractivity (Wildman–Crippen MR) is 94.0 cm³/mol.